The smallest absolute Gasteiger partial charge is 0.253 e. The maximum atomic E-state index is 12.7. The fourth-order valence-corrected chi connectivity index (χ4v) is 2.85. The third-order valence-corrected chi connectivity index (χ3v) is 4.88. The Bertz CT molecular complexity index is 925. The number of carbonyl (C=O) groups excluding carboxylic acids is 1. The highest BCUT2D eigenvalue weighted by Gasteiger charge is 2.23. The maximum Gasteiger partial charge on any atom is 0.253 e. The van der Waals surface area contributed by atoms with Gasteiger partial charge in [0, 0.05) is 12.0 Å². The molecule has 134 valence electrons. The molecule has 0 atom stereocenters. The molecule has 1 heterocycles. The Morgan fingerprint density at radius 1 is 1.15 bits per heavy atom. The minimum atomic E-state index is -0.326. The Morgan fingerprint density at radius 3 is 2.62 bits per heavy atom. The van der Waals surface area contributed by atoms with Crippen molar-refractivity contribution in [3.8, 4) is 5.69 Å². The Labute approximate surface area is 161 Å². The zero-order chi connectivity index (χ0) is 18.7. The number of tetrazole rings is 1. The van der Waals surface area contributed by atoms with Crippen LogP contribution in [0.5, 0.6) is 0 Å². The van der Waals surface area contributed by atoms with Gasteiger partial charge in [-0.3, -0.25) is 4.79 Å². The van der Waals surface area contributed by atoms with Crippen LogP contribution in [0.25, 0.3) is 5.69 Å². The second-order valence-electron chi connectivity index (χ2n) is 6.47. The summed E-state index contributed by atoms with van der Waals surface area (Å²) >= 11 is 12.1. The highest BCUT2D eigenvalue weighted by Crippen LogP contribution is 2.29. The number of nitrogens with zero attached hydrogens (tertiary/aromatic N) is 4. The average molecular weight is 390 g/mol. The first kappa shape index (κ1) is 18.4. The number of halogens is 2. The lowest BCUT2D eigenvalue weighted by molar-refractivity contribution is 0.0945. The summed E-state index contributed by atoms with van der Waals surface area (Å²) in [5, 5.41) is 15.1. The number of para-hydroxylation sites is 1. The van der Waals surface area contributed by atoms with Crippen LogP contribution in [0.4, 0.5) is 0 Å². The van der Waals surface area contributed by atoms with E-state index in [1.807, 2.05) is 32.0 Å². The van der Waals surface area contributed by atoms with Crippen LogP contribution < -0.4 is 5.32 Å². The first-order chi connectivity index (χ1) is 12.4. The van der Waals surface area contributed by atoms with Crippen molar-refractivity contribution in [1.29, 1.82) is 0 Å². The van der Waals surface area contributed by atoms with E-state index in [1.165, 1.54) is 11.0 Å². The number of rotatable bonds is 5. The zero-order valence-corrected chi connectivity index (χ0v) is 15.8. The van der Waals surface area contributed by atoms with Gasteiger partial charge in [0.05, 0.1) is 21.3 Å². The van der Waals surface area contributed by atoms with E-state index in [0.29, 0.717) is 27.8 Å². The Hall–Kier alpha value is -2.44. The summed E-state index contributed by atoms with van der Waals surface area (Å²) in [6.45, 7) is 4.48. The second-order valence-corrected chi connectivity index (χ2v) is 7.28. The predicted molar refractivity (Wildman–Crippen MR) is 101 cm³/mol. The molecule has 0 spiro atoms. The second kappa shape index (κ2) is 7.43. The fraction of sp³-hybridized carbons (Fsp3) is 0.222. The normalized spacial score (nSPS) is 11.4. The van der Waals surface area contributed by atoms with E-state index in [-0.39, 0.29) is 11.3 Å². The van der Waals surface area contributed by atoms with E-state index in [4.69, 9.17) is 23.2 Å². The van der Waals surface area contributed by atoms with Gasteiger partial charge in [-0.15, -0.1) is 5.10 Å². The fourth-order valence-electron chi connectivity index (χ4n) is 2.55. The molecule has 0 bridgehead atoms. The van der Waals surface area contributed by atoms with E-state index >= 15 is 0 Å². The highest BCUT2D eigenvalue weighted by atomic mass is 35.5. The van der Waals surface area contributed by atoms with E-state index < -0.39 is 0 Å². The molecule has 0 radical (unpaired) electrons. The highest BCUT2D eigenvalue weighted by molar-refractivity contribution is 6.42. The van der Waals surface area contributed by atoms with Crippen molar-refractivity contribution in [3.63, 3.8) is 0 Å². The van der Waals surface area contributed by atoms with Gasteiger partial charge in [-0.1, -0.05) is 55.2 Å². The summed E-state index contributed by atoms with van der Waals surface area (Å²) in [5.41, 5.74) is 1.77. The molecule has 3 aromatic rings. The quantitative estimate of drug-likeness (QED) is 0.722. The number of amides is 1. The molecule has 0 saturated heterocycles. The molecule has 26 heavy (non-hydrogen) atoms. The minimum absolute atomic E-state index is 0.204. The molecule has 0 aliphatic rings. The van der Waals surface area contributed by atoms with Gasteiger partial charge in [-0.25, -0.2) is 0 Å². The monoisotopic (exact) mass is 389 g/mol. The summed E-state index contributed by atoms with van der Waals surface area (Å²) in [6, 6.07) is 12.6. The standard InChI is InChI=1S/C18H17Cl2N5O/c1-18(2,12-7-8-14(19)15(20)9-12)10-21-17(26)13-5-3-4-6-16(13)25-11-22-23-24-25/h3-9,11H,10H2,1-2H3,(H,21,26). The molecule has 0 aliphatic carbocycles. The van der Waals surface area contributed by atoms with Crippen molar-refractivity contribution < 1.29 is 4.79 Å². The maximum absolute atomic E-state index is 12.7. The van der Waals surface area contributed by atoms with Crippen molar-refractivity contribution in [2.75, 3.05) is 6.54 Å². The van der Waals surface area contributed by atoms with E-state index in [9.17, 15) is 4.79 Å². The summed E-state index contributed by atoms with van der Waals surface area (Å²) in [4.78, 5) is 12.7. The van der Waals surface area contributed by atoms with Crippen molar-refractivity contribution in [2.24, 2.45) is 0 Å². The third kappa shape index (κ3) is 3.86. The van der Waals surface area contributed by atoms with Gasteiger partial charge in [-0.05, 0) is 40.3 Å². The van der Waals surface area contributed by atoms with Gasteiger partial charge in [0.1, 0.15) is 6.33 Å². The molecular formula is C18H17Cl2N5O. The van der Waals surface area contributed by atoms with Gasteiger partial charge in [0.2, 0.25) is 0 Å². The van der Waals surface area contributed by atoms with Crippen LogP contribution in [0, 0.1) is 0 Å². The number of nitrogens with one attached hydrogen (secondary N) is 1. The van der Waals surface area contributed by atoms with Crippen LogP contribution in [-0.4, -0.2) is 32.7 Å². The lowest BCUT2D eigenvalue weighted by Crippen LogP contribution is -2.37. The number of hydrogen-bond acceptors (Lipinski definition) is 4. The minimum Gasteiger partial charge on any atom is -0.351 e. The number of carbonyl (C=O) groups is 1. The number of aromatic nitrogens is 4. The summed E-state index contributed by atoms with van der Waals surface area (Å²) in [5.74, 6) is -0.204. The molecule has 3 rings (SSSR count). The first-order valence-corrected chi connectivity index (χ1v) is 8.70. The van der Waals surface area contributed by atoms with Crippen LogP contribution in [-0.2, 0) is 5.41 Å². The molecule has 1 aromatic heterocycles. The third-order valence-electron chi connectivity index (χ3n) is 4.14. The van der Waals surface area contributed by atoms with Crippen LogP contribution in [0.15, 0.2) is 48.8 Å². The van der Waals surface area contributed by atoms with Gasteiger partial charge in [0.15, 0.2) is 0 Å². The van der Waals surface area contributed by atoms with E-state index in [2.05, 4.69) is 20.8 Å². The molecule has 6 nitrogen and oxygen atoms in total. The van der Waals surface area contributed by atoms with Crippen molar-refractivity contribution in [2.45, 2.75) is 19.3 Å². The van der Waals surface area contributed by atoms with Crippen molar-refractivity contribution >= 4 is 29.1 Å². The van der Waals surface area contributed by atoms with Crippen molar-refractivity contribution in [1.82, 2.24) is 25.5 Å². The van der Waals surface area contributed by atoms with E-state index in [0.717, 1.165) is 5.56 Å². The van der Waals surface area contributed by atoms with Crippen molar-refractivity contribution in [3.05, 3.63) is 70.0 Å². The Balaban J connectivity index is 1.78. The molecule has 0 saturated carbocycles. The summed E-state index contributed by atoms with van der Waals surface area (Å²) in [7, 11) is 0. The predicted octanol–water partition coefficient (Wildman–Crippen LogP) is 3.68. The average Bonchev–Trinajstić information content (AvgIpc) is 3.16. The molecule has 1 amide bonds. The first-order valence-electron chi connectivity index (χ1n) is 7.94. The molecule has 2 aromatic carbocycles. The zero-order valence-electron chi connectivity index (χ0n) is 14.3. The van der Waals surface area contributed by atoms with Crippen LogP contribution >= 0.6 is 23.2 Å². The lowest BCUT2D eigenvalue weighted by atomic mass is 9.84. The summed E-state index contributed by atoms with van der Waals surface area (Å²) < 4.78 is 1.46. The summed E-state index contributed by atoms with van der Waals surface area (Å²) in [6.07, 6.45) is 1.45. The molecule has 0 fully saturated rings. The number of hydrogen-bond donors (Lipinski definition) is 1. The van der Waals surface area contributed by atoms with Gasteiger partial charge in [0.25, 0.3) is 5.91 Å². The topological polar surface area (TPSA) is 72.7 Å². The van der Waals surface area contributed by atoms with Gasteiger partial charge < -0.3 is 5.32 Å². The molecule has 0 unspecified atom stereocenters. The Morgan fingerprint density at radius 2 is 1.92 bits per heavy atom. The molecule has 1 N–H and O–H groups in total. The molecular weight excluding hydrogens is 373 g/mol. The van der Waals surface area contributed by atoms with Gasteiger partial charge in [-0.2, -0.15) is 4.68 Å². The molecule has 0 aliphatic heterocycles. The SMILES string of the molecule is CC(C)(CNC(=O)c1ccccc1-n1cnnn1)c1ccc(Cl)c(Cl)c1. The number of benzene rings is 2. The van der Waals surface area contributed by atoms with Gasteiger partial charge >= 0.3 is 0 Å². The lowest BCUT2D eigenvalue weighted by Gasteiger charge is -2.26. The Kier molecular flexibility index (Phi) is 5.25. The van der Waals surface area contributed by atoms with Crippen LogP contribution in [0.1, 0.15) is 29.8 Å². The largest absolute Gasteiger partial charge is 0.351 e. The van der Waals surface area contributed by atoms with Crippen LogP contribution in [0.2, 0.25) is 10.0 Å². The van der Waals surface area contributed by atoms with E-state index in [1.54, 1.807) is 24.3 Å². The molecule has 8 heteroatoms. The van der Waals surface area contributed by atoms with Crippen LogP contribution in [0.3, 0.4) is 0 Å².